The van der Waals surface area contributed by atoms with Crippen molar-refractivity contribution in [2.75, 3.05) is 39.9 Å². The fourth-order valence-corrected chi connectivity index (χ4v) is 4.18. The first kappa shape index (κ1) is 22.6. The predicted octanol–water partition coefficient (Wildman–Crippen LogP) is 4.38. The van der Waals surface area contributed by atoms with Crippen LogP contribution in [0.5, 0.6) is 11.5 Å². The first-order chi connectivity index (χ1) is 14.8. The van der Waals surface area contributed by atoms with Crippen LogP contribution in [0.3, 0.4) is 0 Å². The van der Waals surface area contributed by atoms with Gasteiger partial charge in [-0.2, -0.15) is 0 Å². The Morgan fingerprint density at radius 1 is 1.06 bits per heavy atom. The molecule has 0 radical (unpaired) electrons. The molecule has 7 nitrogen and oxygen atoms in total. The van der Waals surface area contributed by atoms with Gasteiger partial charge in [-0.05, 0) is 55.1 Å². The maximum Gasteiger partial charge on any atom is 0.324 e. The zero-order valence-electron chi connectivity index (χ0n) is 18.6. The van der Waals surface area contributed by atoms with E-state index in [4.69, 9.17) is 9.47 Å². The zero-order valence-corrected chi connectivity index (χ0v) is 19.4. The topological polar surface area (TPSA) is 71.1 Å². The minimum absolute atomic E-state index is 0.184. The van der Waals surface area contributed by atoms with E-state index in [2.05, 4.69) is 5.32 Å². The van der Waals surface area contributed by atoms with Crippen molar-refractivity contribution in [2.24, 2.45) is 0 Å². The van der Waals surface area contributed by atoms with Gasteiger partial charge in [0.25, 0.3) is 5.91 Å². The number of allylic oxidation sites excluding steroid dienone is 1. The SMILES string of the molecule is COc1ccc(NC(=O)C2=C(C)N(C)C(=O)N(C)C2c2ccc(SC)c(OC)c2)cc1. The highest BCUT2D eigenvalue weighted by molar-refractivity contribution is 7.98. The molecule has 3 amide bonds. The van der Waals surface area contributed by atoms with Crippen LogP contribution in [0.2, 0.25) is 0 Å². The number of rotatable bonds is 6. The average molecular weight is 442 g/mol. The first-order valence-electron chi connectivity index (χ1n) is 9.71. The number of carbonyl (C=O) groups is 2. The van der Waals surface area contributed by atoms with Crippen LogP contribution in [0.25, 0.3) is 0 Å². The quantitative estimate of drug-likeness (QED) is 0.674. The van der Waals surface area contributed by atoms with Crippen LogP contribution in [0, 0.1) is 0 Å². The van der Waals surface area contributed by atoms with Crippen LogP contribution >= 0.6 is 11.8 Å². The second-order valence-electron chi connectivity index (χ2n) is 7.15. The maximum absolute atomic E-state index is 13.4. The summed E-state index contributed by atoms with van der Waals surface area (Å²) < 4.78 is 10.7. The van der Waals surface area contributed by atoms with Gasteiger partial charge in [-0.1, -0.05) is 6.07 Å². The van der Waals surface area contributed by atoms with E-state index in [1.54, 1.807) is 76.2 Å². The lowest BCUT2D eigenvalue weighted by atomic mass is 9.92. The van der Waals surface area contributed by atoms with Gasteiger partial charge >= 0.3 is 6.03 Å². The van der Waals surface area contributed by atoms with E-state index in [1.807, 2.05) is 24.5 Å². The van der Waals surface area contributed by atoms with E-state index in [0.717, 1.165) is 10.5 Å². The number of likely N-dealkylation sites (N-methyl/N-ethyl adjacent to an activating group) is 1. The van der Waals surface area contributed by atoms with Crippen LogP contribution in [0.1, 0.15) is 18.5 Å². The van der Waals surface area contributed by atoms with Crippen LogP contribution in [0.15, 0.2) is 58.6 Å². The number of nitrogens with zero attached hydrogens (tertiary/aromatic N) is 2. The molecule has 2 aromatic carbocycles. The summed E-state index contributed by atoms with van der Waals surface area (Å²) in [7, 11) is 6.57. The van der Waals surface area contributed by atoms with E-state index in [1.165, 1.54) is 4.90 Å². The fraction of sp³-hybridized carbons (Fsp3) is 0.304. The predicted molar refractivity (Wildman–Crippen MR) is 123 cm³/mol. The molecular formula is C23H27N3O4S. The summed E-state index contributed by atoms with van der Waals surface area (Å²) in [5.41, 5.74) is 2.55. The molecule has 1 heterocycles. The molecule has 1 unspecified atom stereocenters. The van der Waals surface area contributed by atoms with E-state index < -0.39 is 6.04 Å². The molecule has 0 aliphatic carbocycles. The maximum atomic E-state index is 13.4. The average Bonchev–Trinajstić information content (AvgIpc) is 2.79. The second kappa shape index (κ2) is 9.34. The van der Waals surface area contributed by atoms with Gasteiger partial charge < -0.3 is 24.6 Å². The summed E-state index contributed by atoms with van der Waals surface area (Å²) in [5, 5.41) is 2.95. The largest absolute Gasteiger partial charge is 0.497 e. The van der Waals surface area contributed by atoms with Crippen molar-refractivity contribution in [2.45, 2.75) is 17.9 Å². The summed E-state index contributed by atoms with van der Waals surface area (Å²) in [4.78, 5) is 30.3. The molecule has 0 bridgehead atoms. The summed E-state index contributed by atoms with van der Waals surface area (Å²) in [6.07, 6.45) is 1.97. The summed E-state index contributed by atoms with van der Waals surface area (Å²) in [6.45, 7) is 1.79. The Bertz CT molecular complexity index is 1020. The van der Waals surface area contributed by atoms with Gasteiger partial charge in [-0.15, -0.1) is 11.8 Å². The molecule has 164 valence electrons. The number of amides is 3. The molecule has 8 heteroatoms. The summed E-state index contributed by atoms with van der Waals surface area (Å²) in [5.74, 6) is 1.14. The van der Waals surface area contributed by atoms with Gasteiger partial charge in [0.15, 0.2) is 0 Å². The molecule has 1 N–H and O–H groups in total. The molecule has 0 fully saturated rings. The molecule has 1 atom stereocenters. The van der Waals surface area contributed by atoms with Crippen molar-refractivity contribution in [3.8, 4) is 11.5 Å². The highest BCUT2D eigenvalue weighted by Crippen LogP contribution is 2.39. The third-order valence-electron chi connectivity index (χ3n) is 5.46. The van der Waals surface area contributed by atoms with Gasteiger partial charge in [0.2, 0.25) is 0 Å². The van der Waals surface area contributed by atoms with E-state index >= 15 is 0 Å². The smallest absolute Gasteiger partial charge is 0.324 e. The monoisotopic (exact) mass is 441 g/mol. The molecule has 0 saturated carbocycles. The third-order valence-corrected chi connectivity index (χ3v) is 6.24. The van der Waals surface area contributed by atoms with Crippen molar-refractivity contribution in [3.63, 3.8) is 0 Å². The first-order valence-corrected chi connectivity index (χ1v) is 10.9. The van der Waals surface area contributed by atoms with E-state index in [-0.39, 0.29) is 11.9 Å². The van der Waals surface area contributed by atoms with Gasteiger partial charge in [0.05, 0.1) is 25.8 Å². The fourth-order valence-electron chi connectivity index (χ4n) is 3.64. The lowest BCUT2D eigenvalue weighted by Crippen LogP contribution is -2.47. The Morgan fingerprint density at radius 3 is 2.32 bits per heavy atom. The van der Waals surface area contributed by atoms with Gasteiger partial charge in [0.1, 0.15) is 11.5 Å². The Morgan fingerprint density at radius 2 is 1.74 bits per heavy atom. The number of benzene rings is 2. The summed E-state index contributed by atoms with van der Waals surface area (Å²) >= 11 is 1.57. The standard InChI is InChI=1S/C23H27N3O4S/c1-14-20(22(27)24-16-8-10-17(29-4)11-9-16)21(26(3)23(28)25(14)2)15-7-12-19(31-6)18(13-15)30-5/h7-13,21H,1-6H3,(H,24,27). The number of nitrogens with one attached hydrogen (secondary N) is 1. The number of urea groups is 1. The highest BCUT2D eigenvalue weighted by Gasteiger charge is 2.38. The van der Waals surface area contributed by atoms with Crippen molar-refractivity contribution in [1.82, 2.24) is 9.80 Å². The van der Waals surface area contributed by atoms with E-state index in [0.29, 0.717) is 28.5 Å². The molecule has 0 spiro atoms. The Labute approximate surface area is 187 Å². The number of anilines is 1. The van der Waals surface area contributed by atoms with Crippen LogP contribution in [0.4, 0.5) is 10.5 Å². The van der Waals surface area contributed by atoms with Gasteiger partial charge in [-0.3, -0.25) is 4.79 Å². The lowest BCUT2D eigenvalue weighted by molar-refractivity contribution is -0.113. The molecule has 31 heavy (non-hydrogen) atoms. The Hall–Kier alpha value is -3.13. The van der Waals surface area contributed by atoms with Crippen molar-refractivity contribution in [3.05, 3.63) is 59.3 Å². The summed E-state index contributed by atoms with van der Waals surface area (Å²) in [6, 6.07) is 12.2. The Kier molecular flexibility index (Phi) is 6.80. The molecule has 1 aliphatic rings. The Balaban J connectivity index is 2.04. The minimum Gasteiger partial charge on any atom is -0.497 e. The molecule has 3 rings (SSSR count). The number of methoxy groups -OCH3 is 2. The van der Waals surface area contributed by atoms with Crippen LogP contribution in [-0.4, -0.2) is 56.3 Å². The van der Waals surface area contributed by atoms with Crippen molar-refractivity contribution in [1.29, 1.82) is 0 Å². The highest BCUT2D eigenvalue weighted by atomic mass is 32.2. The molecule has 1 aliphatic heterocycles. The lowest BCUT2D eigenvalue weighted by Gasteiger charge is -2.40. The minimum atomic E-state index is -0.549. The van der Waals surface area contributed by atoms with Gasteiger partial charge in [-0.25, -0.2) is 4.79 Å². The van der Waals surface area contributed by atoms with E-state index in [9.17, 15) is 9.59 Å². The van der Waals surface area contributed by atoms with Crippen LogP contribution in [-0.2, 0) is 4.79 Å². The number of carbonyl (C=O) groups excluding carboxylic acids is 2. The van der Waals surface area contributed by atoms with Crippen molar-refractivity contribution >= 4 is 29.4 Å². The normalized spacial score (nSPS) is 16.5. The number of thioether (sulfide) groups is 1. The number of ether oxygens (including phenoxy) is 2. The van der Waals surface area contributed by atoms with Gasteiger partial charge in [0, 0.05) is 30.4 Å². The number of hydrogen-bond acceptors (Lipinski definition) is 5. The second-order valence-corrected chi connectivity index (χ2v) is 8.00. The zero-order chi connectivity index (χ0) is 22.7. The molecule has 0 aromatic heterocycles. The molecule has 2 aromatic rings. The third kappa shape index (κ3) is 4.34. The number of hydrogen-bond donors (Lipinski definition) is 1. The molecular weight excluding hydrogens is 414 g/mol. The van der Waals surface area contributed by atoms with Crippen molar-refractivity contribution < 1.29 is 19.1 Å². The van der Waals surface area contributed by atoms with Crippen LogP contribution < -0.4 is 14.8 Å². The molecule has 0 saturated heterocycles.